The smallest absolute Gasteiger partial charge is 0.347 e. The van der Waals surface area contributed by atoms with Gasteiger partial charge in [-0.15, -0.1) is 0 Å². The molecule has 10 nitrogen and oxygen atoms in total. The van der Waals surface area contributed by atoms with Gasteiger partial charge in [-0.1, -0.05) is 29.8 Å². The number of nitrogens with zero attached hydrogens (tertiary/aromatic N) is 1. The molecule has 1 aromatic heterocycles. The van der Waals surface area contributed by atoms with Crippen LogP contribution in [0.3, 0.4) is 0 Å². The Morgan fingerprint density at radius 1 is 1.03 bits per heavy atom. The van der Waals surface area contributed by atoms with Crippen molar-refractivity contribution in [2.24, 2.45) is 0 Å². The minimum absolute atomic E-state index is 0.155. The molecule has 0 aliphatic carbocycles. The molecule has 2 aromatic carbocycles. The number of aliphatic carboxylic acids is 1. The van der Waals surface area contributed by atoms with Crippen LogP contribution in [0, 0.1) is 0 Å². The van der Waals surface area contributed by atoms with Crippen molar-refractivity contribution in [2.75, 3.05) is 16.0 Å². The summed E-state index contributed by atoms with van der Waals surface area (Å²) in [6, 6.07) is 14.4. The van der Waals surface area contributed by atoms with E-state index in [-0.39, 0.29) is 11.6 Å². The molecule has 3 rings (SSSR count). The summed E-state index contributed by atoms with van der Waals surface area (Å²) in [5, 5.41) is 19.9. The molecule has 0 spiro atoms. The molecule has 6 N–H and O–H groups in total. The molecule has 0 radical (unpaired) electrons. The Bertz CT molecular complexity index is 1090. The third kappa shape index (κ3) is 5.72. The fraction of sp³-hybridized carbons (Fsp3) is 0.0526. The van der Waals surface area contributed by atoms with Gasteiger partial charge in [-0.05, 0) is 36.4 Å². The van der Waals surface area contributed by atoms with Gasteiger partial charge in [0.15, 0.2) is 0 Å². The Labute approximate surface area is 175 Å². The van der Waals surface area contributed by atoms with Crippen LogP contribution < -0.4 is 26.8 Å². The summed E-state index contributed by atoms with van der Waals surface area (Å²) in [4.78, 5) is 42.2. The molecule has 11 heteroatoms. The van der Waals surface area contributed by atoms with Crippen LogP contribution in [0.4, 0.5) is 27.8 Å². The zero-order chi connectivity index (χ0) is 21.5. The number of carboxylic acid groups (broad SMARTS) is 1. The van der Waals surface area contributed by atoms with Crippen molar-refractivity contribution in [3.05, 3.63) is 76.2 Å². The molecule has 0 aliphatic heterocycles. The summed E-state index contributed by atoms with van der Waals surface area (Å²) in [5.74, 6) is -1.15. The molecule has 0 saturated carbocycles. The Balaban J connectivity index is 1.63. The minimum Gasteiger partial charge on any atom is -0.478 e. The largest absolute Gasteiger partial charge is 0.478 e. The maximum Gasteiger partial charge on any atom is 0.347 e. The number of nitrogens with one attached hydrogen (secondary N) is 5. The van der Waals surface area contributed by atoms with Crippen LogP contribution >= 0.6 is 11.6 Å². The van der Waals surface area contributed by atoms with E-state index in [0.717, 1.165) is 6.20 Å². The maximum absolute atomic E-state index is 12.2. The average Bonchev–Trinajstić information content (AvgIpc) is 2.72. The van der Waals surface area contributed by atoms with Gasteiger partial charge in [0.1, 0.15) is 5.69 Å². The minimum atomic E-state index is -1.41. The number of urea groups is 1. The number of carbonyl (C=O) groups is 2. The molecule has 0 unspecified atom stereocenters. The third-order valence-corrected chi connectivity index (χ3v) is 4.01. The molecule has 3 aromatic rings. The number of H-pyrrole nitrogens is 1. The van der Waals surface area contributed by atoms with Crippen molar-refractivity contribution >= 4 is 46.6 Å². The van der Waals surface area contributed by atoms with E-state index in [1.807, 2.05) is 0 Å². The highest BCUT2D eigenvalue weighted by molar-refractivity contribution is 6.30. The first kappa shape index (κ1) is 20.7. The van der Waals surface area contributed by atoms with Gasteiger partial charge in [-0.2, -0.15) is 0 Å². The van der Waals surface area contributed by atoms with E-state index in [1.54, 1.807) is 54.6 Å². The van der Waals surface area contributed by atoms with Crippen LogP contribution in [0.2, 0.25) is 5.02 Å². The van der Waals surface area contributed by atoms with Crippen LogP contribution in [0.5, 0.6) is 0 Å². The van der Waals surface area contributed by atoms with Gasteiger partial charge >= 0.3 is 12.0 Å². The van der Waals surface area contributed by atoms with Gasteiger partial charge < -0.3 is 26.4 Å². The second kappa shape index (κ2) is 9.43. The van der Waals surface area contributed by atoms with Crippen LogP contribution in [-0.4, -0.2) is 33.2 Å². The lowest BCUT2D eigenvalue weighted by Gasteiger charge is -2.17. The molecular weight excluding hydrogens is 412 g/mol. The Hall–Kier alpha value is -4.05. The van der Waals surface area contributed by atoms with Crippen LogP contribution in [0.25, 0.3) is 0 Å². The number of benzene rings is 2. The van der Waals surface area contributed by atoms with Crippen molar-refractivity contribution in [2.45, 2.75) is 6.17 Å². The lowest BCUT2D eigenvalue weighted by molar-refractivity contribution is -0.138. The van der Waals surface area contributed by atoms with Gasteiger partial charge in [0, 0.05) is 16.4 Å². The van der Waals surface area contributed by atoms with Crippen molar-refractivity contribution in [1.82, 2.24) is 15.3 Å². The zero-order valence-electron chi connectivity index (χ0n) is 15.3. The number of hydrogen-bond donors (Lipinski definition) is 6. The van der Waals surface area contributed by atoms with Crippen LogP contribution in [0.1, 0.15) is 0 Å². The van der Waals surface area contributed by atoms with Crippen molar-refractivity contribution in [1.29, 1.82) is 0 Å². The number of halogens is 1. The summed E-state index contributed by atoms with van der Waals surface area (Å²) in [6.45, 7) is 0. The molecule has 0 saturated heterocycles. The van der Waals surface area contributed by atoms with Gasteiger partial charge in [0.2, 0.25) is 12.1 Å². The highest BCUT2D eigenvalue weighted by Gasteiger charge is 2.20. The standard InChI is InChI=1S/C19H17ClN6O4/c20-11-6-8-13(9-7-11)23-18-21-10-14(16(27)26-18)24-19(30)25-15(17(28)29)22-12-4-2-1-3-5-12/h1-10,15,22H,(H,28,29)(H2,24,25,30)(H2,21,23,26,27)/t15-/m0/s1. The first-order valence-corrected chi connectivity index (χ1v) is 9.02. The molecule has 0 bridgehead atoms. The molecular formula is C19H17ClN6O4. The summed E-state index contributed by atoms with van der Waals surface area (Å²) >= 11 is 5.82. The van der Waals surface area contributed by atoms with E-state index in [1.165, 1.54) is 0 Å². The van der Waals surface area contributed by atoms with Crippen LogP contribution in [0.15, 0.2) is 65.6 Å². The fourth-order valence-corrected chi connectivity index (χ4v) is 2.49. The van der Waals surface area contributed by atoms with Crippen LogP contribution in [-0.2, 0) is 4.79 Å². The normalized spacial score (nSPS) is 11.2. The molecule has 154 valence electrons. The summed E-state index contributed by atoms with van der Waals surface area (Å²) in [7, 11) is 0. The molecule has 0 aliphatic rings. The van der Waals surface area contributed by atoms with E-state index in [4.69, 9.17) is 11.6 Å². The van der Waals surface area contributed by atoms with E-state index < -0.39 is 23.7 Å². The number of para-hydroxylation sites is 1. The van der Waals surface area contributed by atoms with E-state index in [2.05, 4.69) is 31.2 Å². The van der Waals surface area contributed by atoms with Crippen molar-refractivity contribution < 1.29 is 14.7 Å². The number of carboxylic acids is 1. The van der Waals surface area contributed by atoms with Gasteiger partial charge in [-0.3, -0.25) is 9.78 Å². The first-order chi connectivity index (χ1) is 14.4. The molecule has 0 fully saturated rings. The maximum atomic E-state index is 12.2. The number of aromatic nitrogens is 2. The zero-order valence-corrected chi connectivity index (χ0v) is 16.1. The Morgan fingerprint density at radius 3 is 2.37 bits per heavy atom. The van der Waals surface area contributed by atoms with Gasteiger partial charge in [-0.25, -0.2) is 14.6 Å². The third-order valence-electron chi connectivity index (χ3n) is 3.76. The Kier molecular flexibility index (Phi) is 6.50. The van der Waals surface area contributed by atoms with E-state index in [9.17, 15) is 19.5 Å². The second-order valence-corrected chi connectivity index (χ2v) is 6.42. The predicted octanol–water partition coefficient (Wildman–Crippen LogP) is 2.81. The highest BCUT2D eigenvalue weighted by atomic mass is 35.5. The average molecular weight is 429 g/mol. The topological polar surface area (TPSA) is 148 Å². The Morgan fingerprint density at radius 2 is 1.73 bits per heavy atom. The highest BCUT2D eigenvalue weighted by Crippen LogP contribution is 2.16. The number of amides is 2. The number of carbonyl (C=O) groups excluding carboxylic acids is 1. The quantitative estimate of drug-likeness (QED) is 0.317. The number of hydrogen-bond acceptors (Lipinski definition) is 6. The summed E-state index contributed by atoms with van der Waals surface area (Å²) < 4.78 is 0. The number of rotatable bonds is 7. The predicted molar refractivity (Wildman–Crippen MR) is 113 cm³/mol. The van der Waals surface area contributed by atoms with Gasteiger partial charge in [0.25, 0.3) is 5.56 Å². The molecule has 2 amide bonds. The lowest BCUT2D eigenvalue weighted by atomic mass is 10.3. The van der Waals surface area contributed by atoms with Gasteiger partial charge in [0.05, 0.1) is 6.20 Å². The van der Waals surface area contributed by atoms with Crippen molar-refractivity contribution in [3.63, 3.8) is 0 Å². The number of aromatic amines is 1. The second-order valence-electron chi connectivity index (χ2n) is 5.99. The molecule has 30 heavy (non-hydrogen) atoms. The monoisotopic (exact) mass is 428 g/mol. The van der Waals surface area contributed by atoms with Crippen molar-refractivity contribution in [3.8, 4) is 0 Å². The summed E-state index contributed by atoms with van der Waals surface area (Å²) in [6.07, 6.45) is -0.262. The van der Waals surface area contributed by atoms with E-state index in [0.29, 0.717) is 16.4 Å². The SMILES string of the molecule is O=C(Nc1cnc(Nc2ccc(Cl)cc2)[nH]c1=O)N[C@H](Nc1ccccc1)C(=O)O. The first-order valence-electron chi connectivity index (χ1n) is 8.64. The lowest BCUT2D eigenvalue weighted by Crippen LogP contribution is -2.48. The van der Waals surface area contributed by atoms with E-state index >= 15 is 0 Å². The summed E-state index contributed by atoms with van der Waals surface area (Å²) in [5.41, 5.74) is 0.372. The fourth-order valence-electron chi connectivity index (χ4n) is 2.37. The number of anilines is 4. The molecule has 1 heterocycles. The molecule has 1 atom stereocenters.